The highest BCUT2D eigenvalue weighted by Gasteiger charge is 2.45. The molecule has 1 aliphatic heterocycles. The van der Waals surface area contributed by atoms with Crippen LogP contribution in [0, 0.1) is 29.6 Å². The molecule has 0 saturated carbocycles. The zero-order valence-corrected chi connectivity index (χ0v) is 57.5. The number of amides is 8. The second kappa shape index (κ2) is 39.3. The molecule has 12 N–H and O–H groups in total. The molecule has 0 aromatic heterocycles. The average Bonchev–Trinajstić information content (AvgIpc) is 2.26. The van der Waals surface area contributed by atoms with Crippen LogP contribution in [-0.4, -0.2) is 229 Å². The first kappa shape index (κ1) is 81.1. The zero-order chi connectivity index (χ0) is 67.7. The highest BCUT2D eigenvalue weighted by Crippen LogP contribution is 2.41. The molecule has 8 amide bonds. The Balaban J connectivity index is 3.34. The molecule has 0 bridgehead atoms. The summed E-state index contributed by atoms with van der Waals surface area (Å²) in [5.41, 5.74) is 5.74. The number of methoxy groups -OCH3 is 2. The normalized spacial score (nSPS) is 18.9. The van der Waals surface area contributed by atoms with Crippen LogP contribution in [0.5, 0.6) is 0 Å². The molecular weight excluding hydrogens is 1280 g/mol. The van der Waals surface area contributed by atoms with Gasteiger partial charge in [-0.05, 0) is 70.3 Å². The largest absolute Gasteiger partial charge is 0.481 e. The van der Waals surface area contributed by atoms with E-state index >= 15 is 0 Å². The lowest BCUT2D eigenvalue weighted by molar-refractivity contribution is -0.148. The number of ether oxygens (including phenoxy) is 2. The number of hydrogen-bond acceptors (Lipinski definition) is 17. The van der Waals surface area contributed by atoms with Gasteiger partial charge in [-0.15, -0.1) is 11.8 Å². The molecule has 27 nitrogen and oxygen atoms in total. The number of hydrogen-bond donors (Lipinski definition) is 11. The summed E-state index contributed by atoms with van der Waals surface area (Å²) in [5, 5.41) is 53.7. The highest BCUT2D eigenvalue weighted by molar-refractivity contribution is 14.1. The van der Waals surface area contributed by atoms with Crippen molar-refractivity contribution in [1.29, 1.82) is 0 Å². The van der Waals surface area contributed by atoms with Gasteiger partial charge in [-0.25, -0.2) is 4.79 Å². The molecule has 1 rings (SSSR count). The molecule has 29 heteroatoms. The summed E-state index contributed by atoms with van der Waals surface area (Å²) < 4.78 is 11.5. The zero-order valence-electron chi connectivity index (χ0n) is 54.5. The predicted octanol–water partition coefficient (Wildman–Crippen LogP) is 1.92. The van der Waals surface area contributed by atoms with E-state index in [1.54, 1.807) is 16.8 Å². The highest BCUT2D eigenvalue weighted by atomic mass is 127. The van der Waals surface area contributed by atoms with Crippen LogP contribution < -0.4 is 37.6 Å². The van der Waals surface area contributed by atoms with Crippen molar-refractivity contribution in [3.8, 4) is 0 Å². The fourth-order valence-electron chi connectivity index (χ4n) is 10.9. The first-order valence-electron chi connectivity index (χ1n) is 30.5. The molecule has 88 heavy (non-hydrogen) atoms. The number of rotatable bonds is 42. The van der Waals surface area contributed by atoms with E-state index in [4.69, 9.17) is 15.2 Å². The van der Waals surface area contributed by atoms with Gasteiger partial charge in [0.05, 0.1) is 51.5 Å². The first-order chi connectivity index (χ1) is 41.0. The molecule has 506 valence electrons. The van der Waals surface area contributed by atoms with Crippen LogP contribution in [0.2, 0.25) is 0 Å². The number of aliphatic hydroxyl groups excluding tert-OH is 1. The van der Waals surface area contributed by atoms with Crippen LogP contribution in [0.25, 0.3) is 0 Å². The number of carbonyl (C=O) groups is 11. The third kappa shape index (κ3) is 25.7. The Labute approximate surface area is 537 Å². The van der Waals surface area contributed by atoms with Crippen molar-refractivity contribution in [3.05, 3.63) is 0 Å². The summed E-state index contributed by atoms with van der Waals surface area (Å²) in [7, 11) is 6.39. The Kier molecular flexibility index (Phi) is 36.2. The molecule has 0 aromatic carbocycles. The van der Waals surface area contributed by atoms with Crippen molar-refractivity contribution < 1.29 is 82.6 Å². The van der Waals surface area contributed by atoms with Crippen LogP contribution in [0.1, 0.15) is 147 Å². The minimum atomic E-state index is -1.91. The predicted molar refractivity (Wildman–Crippen MR) is 341 cm³/mol. The SMILES string of the molecule is CCCC(C)(I)SC(CC(=O)N[C@@H](CN)C(=O)NC[C@H](NC(=O)[C@H](CCC(=O)O)NC(=O)[C@@H](NC(=O)[C@H](C)C(OC)[C@@H]1CCCN1C(=O)C[C@@H](OC)[C@H]([C@@H](C)CC)N(C)C(=O)[C@@H](NC(=O)[C@H](C(C)C)N(C)CC(C)CC)C(C)C)C(C)O)C(=O)O)C(=O)O. The maximum absolute atomic E-state index is 14.6. The quantitative estimate of drug-likeness (QED) is 0.0307. The van der Waals surface area contributed by atoms with Crippen LogP contribution in [0.3, 0.4) is 0 Å². The van der Waals surface area contributed by atoms with Gasteiger partial charge < -0.3 is 77.3 Å². The van der Waals surface area contributed by atoms with E-state index in [1.165, 1.54) is 28.1 Å². The number of aliphatic hydroxyl groups is 1. The number of aliphatic carboxylic acids is 3. The van der Waals surface area contributed by atoms with E-state index in [9.17, 15) is 73.2 Å². The van der Waals surface area contributed by atoms with Crippen molar-refractivity contribution in [2.75, 3.05) is 54.5 Å². The maximum atomic E-state index is 14.6. The number of nitrogens with two attached hydrogens (primary N) is 1. The fraction of sp³-hybridized carbons (Fsp3) is 0.814. The Bertz CT molecular complexity index is 2320. The van der Waals surface area contributed by atoms with Crippen molar-refractivity contribution in [3.63, 3.8) is 0 Å². The third-order valence-corrected chi connectivity index (χ3v) is 18.9. The summed E-state index contributed by atoms with van der Waals surface area (Å²) >= 11 is 3.18. The van der Waals surface area contributed by atoms with Gasteiger partial charge in [0, 0.05) is 60.3 Å². The Morgan fingerprint density at radius 1 is 0.739 bits per heavy atom. The van der Waals surface area contributed by atoms with Crippen molar-refractivity contribution in [2.24, 2.45) is 35.3 Å². The molecule has 0 aromatic rings. The third-order valence-electron chi connectivity index (χ3n) is 16.2. The number of halogens is 1. The Hall–Kier alpha value is -4.95. The number of carbonyl (C=O) groups excluding carboxylic acids is 8. The summed E-state index contributed by atoms with van der Waals surface area (Å²) in [5.74, 6) is -11.5. The lowest BCUT2D eigenvalue weighted by Crippen LogP contribution is -2.61. The van der Waals surface area contributed by atoms with E-state index in [2.05, 4.69) is 68.3 Å². The molecule has 1 heterocycles. The van der Waals surface area contributed by atoms with Crippen molar-refractivity contribution in [2.45, 2.75) is 222 Å². The Morgan fingerprint density at radius 3 is 1.83 bits per heavy atom. The fourth-order valence-corrected chi connectivity index (χ4v) is 13.7. The van der Waals surface area contributed by atoms with E-state index in [-0.39, 0.29) is 48.4 Å². The molecule has 16 atom stereocenters. The number of carboxylic acids is 3. The summed E-state index contributed by atoms with van der Waals surface area (Å²) in [6.45, 7) is 21.9. The number of likely N-dealkylation sites (N-methyl/N-ethyl adjacent to an activating group) is 2. The number of nitrogens with zero attached hydrogens (tertiary/aromatic N) is 3. The second-order valence-electron chi connectivity index (χ2n) is 24.2. The molecular formula is C59H105IN10O17S. The topological polar surface area (TPSA) is 395 Å². The molecule has 5 unspecified atom stereocenters. The van der Waals surface area contributed by atoms with Gasteiger partial charge >= 0.3 is 17.9 Å². The van der Waals surface area contributed by atoms with E-state index in [0.29, 0.717) is 38.1 Å². The van der Waals surface area contributed by atoms with Gasteiger partial charge in [0.15, 0.2) is 0 Å². The smallest absolute Gasteiger partial charge is 0.328 e. The van der Waals surface area contributed by atoms with Crippen LogP contribution in [0.4, 0.5) is 0 Å². The standard InChI is InChI=1S/C59H105IN10O17S/c1-17-24-59(12,60)88-42(58(84)85)27-43(72)63-38(28-61)52(77)62-29-39(57(82)83)65-53(78)37(22-23-45(74)75)64-54(79)47(36(11)71)67-51(76)35(10)50(87-16)40-21-20-25-70(40)44(73)26-41(86-15)49(34(9)19-3)69(14)56(81)46(31(4)5)66-55(80)48(32(6)7)68(13)30-33(8)18-2/h31-42,46-50,71H,17-30,61H2,1-16H3,(H,62,77)(H,63,72)(H,64,79)(H,65,78)(H,66,80)(H,67,76)(H,74,75)(H,82,83)(H,84,85)/t33?,34-,35+,36?,37-,38-,39-,40-,41+,42?,46-,47-,48-,49-,50?,59?/m0/s1. The minimum Gasteiger partial charge on any atom is -0.481 e. The lowest BCUT2D eigenvalue weighted by Gasteiger charge is -2.41. The monoisotopic (exact) mass is 1380 g/mol. The first-order valence-corrected chi connectivity index (χ1v) is 32.5. The number of alkyl halides is 1. The molecule has 1 aliphatic rings. The van der Waals surface area contributed by atoms with Gasteiger partial charge in [0.2, 0.25) is 47.3 Å². The number of nitrogens with one attached hydrogen (secondary N) is 6. The summed E-state index contributed by atoms with van der Waals surface area (Å²) in [6.07, 6.45) is -1.53. The van der Waals surface area contributed by atoms with Gasteiger partial charge in [0.25, 0.3) is 0 Å². The van der Waals surface area contributed by atoms with Gasteiger partial charge in [0.1, 0.15) is 35.5 Å². The molecule has 0 spiro atoms. The van der Waals surface area contributed by atoms with Crippen LogP contribution in [-0.2, 0) is 62.2 Å². The summed E-state index contributed by atoms with van der Waals surface area (Å²) in [4.78, 5) is 152. The van der Waals surface area contributed by atoms with Crippen molar-refractivity contribution >= 4 is 99.5 Å². The van der Waals surface area contributed by atoms with Gasteiger partial charge in [-0.2, -0.15) is 0 Å². The van der Waals surface area contributed by atoms with Gasteiger partial charge in [-0.1, -0.05) is 111 Å². The number of carboxylic acid groups (broad SMARTS) is 3. The van der Waals surface area contributed by atoms with E-state index in [0.717, 1.165) is 24.6 Å². The average molecular weight is 1390 g/mol. The minimum absolute atomic E-state index is 0.0458. The number of thioether (sulfide) groups is 1. The number of likely N-dealkylation sites (tertiary alicyclic amines) is 1. The molecule has 1 saturated heterocycles. The van der Waals surface area contributed by atoms with Crippen molar-refractivity contribution in [1.82, 2.24) is 46.6 Å². The van der Waals surface area contributed by atoms with E-state index < -0.39 is 160 Å². The van der Waals surface area contributed by atoms with Gasteiger partial charge in [-0.3, -0.25) is 52.8 Å². The maximum Gasteiger partial charge on any atom is 0.328 e. The molecule has 1 fully saturated rings. The molecule has 0 aliphatic carbocycles. The second-order valence-corrected chi connectivity index (χ2v) is 29.0. The Morgan fingerprint density at radius 2 is 1.34 bits per heavy atom. The van der Waals surface area contributed by atoms with Crippen LogP contribution in [0.15, 0.2) is 0 Å². The summed E-state index contributed by atoms with van der Waals surface area (Å²) in [6, 6.07) is -9.59. The lowest BCUT2D eigenvalue weighted by atomic mass is 9.89. The molecule has 0 radical (unpaired) electrons. The van der Waals surface area contributed by atoms with E-state index in [1.807, 2.05) is 67.3 Å². The van der Waals surface area contributed by atoms with Crippen LogP contribution >= 0.6 is 34.4 Å².